The van der Waals surface area contributed by atoms with Gasteiger partial charge in [-0.15, -0.1) is 11.8 Å². The Morgan fingerprint density at radius 1 is 0.625 bits per heavy atom. The zero-order chi connectivity index (χ0) is 16.2. The summed E-state index contributed by atoms with van der Waals surface area (Å²) in [6.45, 7) is 0. The number of fused-ring (bicyclic) bond motifs is 5. The van der Waals surface area contributed by atoms with Crippen molar-refractivity contribution in [2.24, 2.45) is 0 Å². The molecule has 0 aromatic heterocycles. The molecule has 3 aromatic rings. The van der Waals surface area contributed by atoms with Crippen molar-refractivity contribution in [1.82, 2.24) is 0 Å². The van der Waals surface area contributed by atoms with Gasteiger partial charge in [-0.2, -0.15) is 0 Å². The zero-order valence-corrected chi connectivity index (χ0v) is 14.4. The van der Waals surface area contributed by atoms with E-state index in [9.17, 15) is 4.79 Å². The molecule has 2 unspecified atom stereocenters. The van der Waals surface area contributed by atoms with Gasteiger partial charge in [0.2, 0.25) is 5.12 Å². The number of benzene rings is 3. The Labute approximate surface area is 149 Å². The summed E-state index contributed by atoms with van der Waals surface area (Å²) >= 11 is 3.26. The number of carbonyl (C=O) groups excluding carboxylic acids is 1. The van der Waals surface area contributed by atoms with Crippen molar-refractivity contribution in [3.05, 3.63) is 107 Å². The molecule has 2 aliphatic rings. The number of hydrogen-bond acceptors (Lipinski definition) is 3. The Morgan fingerprint density at radius 2 is 1.17 bits per heavy atom. The van der Waals surface area contributed by atoms with E-state index in [0.717, 1.165) is 11.1 Å². The van der Waals surface area contributed by atoms with E-state index in [1.807, 2.05) is 30.3 Å². The Kier molecular flexibility index (Phi) is 3.00. The molecule has 5 rings (SSSR count). The molecule has 1 saturated heterocycles. The molecule has 3 aromatic carbocycles. The standard InChI is InChI=1S/C21H14OS2/c22-19-20(15-9-3-1-4-10-15)17-13-7-8-14-18(17)21(23-19,24-20)16-11-5-2-6-12-16/h1-14H. The number of thioether (sulfide) groups is 2. The van der Waals surface area contributed by atoms with Gasteiger partial charge in [0.25, 0.3) is 0 Å². The molecule has 0 radical (unpaired) electrons. The lowest BCUT2D eigenvalue weighted by Gasteiger charge is -2.28. The van der Waals surface area contributed by atoms with Gasteiger partial charge < -0.3 is 0 Å². The average Bonchev–Trinajstić information content (AvgIpc) is 3.14. The van der Waals surface area contributed by atoms with E-state index >= 15 is 0 Å². The highest BCUT2D eigenvalue weighted by molar-refractivity contribution is 8.31. The summed E-state index contributed by atoms with van der Waals surface area (Å²) in [6, 6.07) is 29.0. The molecular weight excluding hydrogens is 332 g/mol. The molecular formula is C21H14OS2. The van der Waals surface area contributed by atoms with E-state index in [2.05, 4.69) is 54.6 Å². The van der Waals surface area contributed by atoms with Crippen LogP contribution in [-0.2, 0) is 13.6 Å². The first kappa shape index (κ1) is 14.4. The predicted octanol–water partition coefficient (Wildman–Crippen LogP) is 5.15. The Balaban J connectivity index is 1.83. The normalized spacial score (nSPS) is 27.2. The quantitative estimate of drug-likeness (QED) is 0.639. The van der Waals surface area contributed by atoms with Crippen molar-refractivity contribution in [2.45, 2.75) is 8.83 Å². The van der Waals surface area contributed by atoms with Crippen LogP contribution in [0.5, 0.6) is 0 Å². The van der Waals surface area contributed by atoms with Gasteiger partial charge in [-0.1, -0.05) is 96.7 Å². The summed E-state index contributed by atoms with van der Waals surface area (Å²) in [5.74, 6) is 0. The summed E-state index contributed by atoms with van der Waals surface area (Å²) in [5.41, 5.74) is 4.68. The maximum atomic E-state index is 13.2. The molecule has 2 aliphatic heterocycles. The Hall–Kier alpha value is -1.97. The smallest absolute Gasteiger partial charge is 0.216 e. The van der Waals surface area contributed by atoms with Crippen LogP contribution in [0.1, 0.15) is 22.3 Å². The molecule has 0 N–H and O–H groups in total. The van der Waals surface area contributed by atoms with Gasteiger partial charge in [0.05, 0.1) is 0 Å². The first-order chi connectivity index (χ1) is 11.8. The molecule has 0 amide bonds. The van der Waals surface area contributed by atoms with E-state index in [1.54, 1.807) is 11.8 Å². The van der Waals surface area contributed by atoms with Crippen LogP contribution in [0.2, 0.25) is 0 Å². The van der Waals surface area contributed by atoms with Crippen molar-refractivity contribution in [2.75, 3.05) is 0 Å². The molecule has 2 heterocycles. The number of hydrogen-bond donors (Lipinski definition) is 0. The van der Waals surface area contributed by atoms with Gasteiger partial charge in [0.15, 0.2) is 0 Å². The van der Waals surface area contributed by atoms with Gasteiger partial charge in [-0.05, 0) is 22.3 Å². The van der Waals surface area contributed by atoms with Gasteiger partial charge in [0.1, 0.15) is 8.83 Å². The third-order valence-electron chi connectivity index (χ3n) is 4.82. The van der Waals surface area contributed by atoms with Crippen molar-refractivity contribution < 1.29 is 4.79 Å². The van der Waals surface area contributed by atoms with Crippen LogP contribution >= 0.6 is 23.5 Å². The highest BCUT2D eigenvalue weighted by Gasteiger charge is 2.66. The largest absolute Gasteiger partial charge is 0.285 e. The second kappa shape index (κ2) is 5.01. The lowest BCUT2D eigenvalue weighted by molar-refractivity contribution is -0.112. The van der Waals surface area contributed by atoms with Crippen LogP contribution in [0.3, 0.4) is 0 Å². The zero-order valence-electron chi connectivity index (χ0n) is 12.8. The first-order valence-electron chi connectivity index (χ1n) is 7.92. The van der Waals surface area contributed by atoms with E-state index in [4.69, 9.17) is 0 Å². The summed E-state index contributed by atoms with van der Waals surface area (Å²) in [4.78, 5) is 13.2. The van der Waals surface area contributed by atoms with Crippen LogP contribution in [-0.4, -0.2) is 5.12 Å². The minimum absolute atomic E-state index is 0.237. The molecule has 1 fully saturated rings. The van der Waals surface area contributed by atoms with E-state index in [0.29, 0.717) is 0 Å². The van der Waals surface area contributed by atoms with Crippen LogP contribution in [0.15, 0.2) is 84.9 Å². The molecule has 1 nitrogen and oxygen atoms in total. The average molecular weight is 346 g/mol. The Morgan fingerprint density at radius 3 is 1.83 bits per heavy atom. The lowest BCUT2D eigenvalue weighted by Crippen LogP contribution is -2.29. The van der Waals surface area contributed by atoms with Gasteiger partial charge in [0, 0.05) is 0 Å². The number of carbonyl (C=O) groups is 1. The highest BCUT2D eigenvalue weighted by atomic mass is 32.2. The molecule has 0 saturated carbocycles. The van der Waals surface area contributed by atoms with Crippen molar-refractivity contribution in [3.63, 3.8) is 0 Å². The maximum Gasteiger partial charge on any atom is 0.216 e. The van der Waals surface area contributed by atoms with Crippen LogP contribution in [0.25, 0.3) is 0 Å². The second-order valence-electron chi connectivity index (χ2n) is 6.07. The van der Waals surface area contributed by atoms with Crippen molar-refractivity contribution >= 4 is 28.6 Å². The molecule has 3 heteroatoms. The molecule has 2 bridgehead atoms. The number of rotatable bonds is 2. The molecule has 24 heavy (non-hydrogen) atoms. The van der Waals surface area contributed by atoms with Crippen molar-refractivity contribution in [3.8, 4) is 0 Å². The minimum atomic E-state index is -0.599. The van der Waals surface area contributed by atoms with Crippen LogP contribution in [0, 0.1) is 0 Å². The summed E-state index contributed by atoms with van der Waals surface area (Å²) in [6.07, 6.45) is 0. The van der Waals surface area contributed by atoms with Gasteiger partial charge >= 0.3 is 0 Å². The fourth-order valence-electron chi connectivity index (χ4n) is 3.77. The van der Waals surface area contributed by atoms with Crippen LogP contribution < -0.4 is 0 Å². The maximum absolute atomic E-state index is 13.2. The third-order valence-corrected chi connectivity index (χ3v) is 8.37. The SMILES string of the molecule is O=C1SC2(c3ccccc3)SC1(c1ccccc1)c1ccccc12. The molecule has 116 valence electrons. The first-order valence-corrected chi connectivity index (χ1v) is 9.55. The van der Waals surface area contributed by atoms with Crippen molar-refractivity contribution in [1.29, 1.82) is 0 Å². The monoisotopic (exact) mass is 346 g/mol. The summed E-state index contributed by atoms with van der Waals surface area (Å²) < 4.78 is -0.941. The topological polar surface area (TPSA) is 17.1 Å². The minimum Gasteiger partial charge on any atom is -0.285 e. The Bertz CT molecular complexity index is 938. The van der Waals surface area contributed by atoms with E-state index in [1.165, 1.54) is 22.9 Å². The predicted molar refractivity (Wildman–Crippen MR) is 101 cm³/mol. The molecule has 0 spiro atoms. The van der Waals surface area contributed by atoms with E-state index in [-0.39, 0.29) is 9.19 Å². The third kappa shape index (κ3) is 1.66. The fourth-order valence-corrected chi connectivity index (χ4v) is 7.56. The molecule has 2 atom stereocenters. The van der Waals surface area contributed by atoms with Crippen LogP contribution in [0.4, 0.5) is 0 Å². The summed E-state index contributed by atoms with van der Waals surface area (Å²) in [7, 11) is 0. The van der Waals surface area contributed by atoms with E-state index < -0.39 is 4.75 Å². The summed E-state index contributed by atoms with van der Waals surface area (Å²) in [5, 5.41) is 0.237. The van der Waals surface area contributed by atoms with Gasteiger partial charge in [-0.3, -0.25) is 4.79 Å². The lowest BCUT2D eigenvalue weighted by atomic mass is 9.86. The molecule has 0 aliphatic carbocycles. The second-order valence-corrected chi connectivity index (χ2v) is 8.94. The fraction of sp³-hybridized carbons (Fsp3) is 0.0952. The van der Waals surface area contributed by atoms with Gasteiger partial charge in [-0.25, -0.2) is 0 Å². The highest BCUT2D eigenvalue weighted by Crippen LogP contribution is 2.75.